The minimum atomic E-state index is -0.0238. The highest BCUT2D eigenvalue weighted by Crippen LogP contribution is 2.22. The van der Waals surface area contributed by atoms with Gasteiger partial charge in [-0.3, -0.25) is 4.79 Å². The predicted molar refractivity (Wildman–Crippen MR) is 119 cm³/mol. The SMILES string of the molecule is CCCn1c(CCc2ccccc2)nnc1SCC(=O)Nc1c(C)cccc1C. The van der Waals surface area contributed by atoms with Crippen LogP contribution in [0, 0.1) is 13.8 Å². The van der Waals surface area contributed by atoms with Crippen LogP contribution in [0.15, 0.2) is 53.7 Å². The molecule has 152 valence electrons. The summed E-state index contributed by atoms with van der Waals surface area (Å²) < 4.78 is 2.15. The summed E-state index contributed by atoms with van der Waals surface area (Å²) in [6.45, 7) is 7.01. The van der Waals surface area contributed by atoms with E-state index < -0.39 is 0 Å². The Morgan fingerprint density at radius 1 is 1.00 bits per heavy atom. The predicted octanol–water partition coefficient (Wildman–Crippen LogP) is 4.82. The number of benzene rings is 2. The van der Waals surface area contributed by atoms with Gasteiger partial charge in [-0.15, -0.1) is 10.2 Å². The standard InChI is InChI=1S/C23H28N4OS/c1-4-15-27-20(14-13-19-11-6-5-7-12-19)25-26-23(27)29-16-21(28)24-22-17(2)9-8-10-18(22)3/h5-12H,4,13-16H2,1-3H3,(H,24,28). The second-order valence-corrected chi connectivity index (χ2v) is 8.08. The fraction of sp³-hybridized carbons (Fsp3) is 0.348. The molecule has 1 N–H and O–H groups in total. The second kappa shape index (κ2) is 10.3. The average molecular weight is 409 g/mol. The van der Waals surface area contributed by atoms with Gasteiger partial charge in [-0.25, -0.2) is 0 Å². The molecule has 1 aromatic heterocycles. The van der Waals surface area contributed by atoms with Gasteiger partial charge in [-0.1, -0.05) is 67.2 Å². The molecule has 3 rings (SSSR count). The number of hydrogen-bond donors (Lipinski definition) is 1. The normalized spacial score (nSPS) is 10.9. The van der Waals surface area contributed by atoms with E-state index in [-0.39, 0.29) is 5.91 Å². The third-order valence-electron chi connectivity index (χ3n) is 4.80. The smallest absolute Gasteiger partial charge is 0.234 e. The van der Waals surface area contributed by atoms with Gasteiger partial charge >= 0.3 is 0 Å². The van der Waals surface area contributed by atoms with Crippen molar-refractivity contribution in [2.75, 3.05) is 11.1 Å². The minimum absolute atomic E-state index is 0.0238. The van der Waals surface area contributed by atoms with E-state index in [0.717, 1.165) is 53.6 Å². The van der Waals surface area contributed by atoms with E-state index in [4.69, 9.17) is 0 Å². The first kappa shape index (κ1) is 21.1. The van der Waals surface area contributed by atoms with Gasteiger partial charge in [-0.05, 0) is 43.4 Å². The van der Waals surface area contributed by atoms with Crippen LogP contribution in [0.4, 0.5) is 5.69 Å². The Balaban J connectivity index is 1.62. The molecule has 2 aromatic carbocycles. The molecular weight excluding hydrogens is 380 g/mol. The number of rotatable bonds is 9. The molecule has 0 unspecified atom stereocenters. The lowest BCUT2D eigenvalue weighted by atomic mass is 10.1. The van der Waals surface area contributed by atoms with Crippen molar-refractivity contribution in [2.24, 2.45) is 0 Å². The molecule has 1 heterocycles. The monoisotopic (exact) mass is 408 g/mol. The van der Waals surface area contributed by atoms with Crippen LogP contribution in [-0.2, 0) is 24.2 Å². The van der Waals surface area contributed by atoms with Crippen LogP contribution in [-0.4, -0.2) is 26.4 Å². The lowest BCUT2D eigenvalue weighted by Gasteiger charge is -2.12. The first-order chi connectivity index (χ1) is 14.1. The molecule has 6 heteroatoms. The summed E-state index contributed by atoms with van der Waals surface area (Å²) in [4.78, 5) is 12.5. The number of carbonyl (C=O) groups excluding carboxylic acids is 1. The van der Waals surface area contributed by atoms with E-state index in [1.807, 2.05) is 38.1 Å². The highest BCUT2D eigenvalue weighted by atomic mass is 32.2. The zero-order chi connectivity index (χ0) is 20.6. The number of nitrogens with zero attached hydrogens (tertiary/aromatic N) is 3. The number of aromatic nitrogens is 3. The number of para-hydroxylation sites is 1. The van der Waals surface area contributed by atoms with Gasteiger partial charge in [0.05, 0.1) is 5.75 Å². The Bertz CT molecular complexity index is 933. The first-order valence-corrected chi connectivity index (χ1v) is 11.0. The molecule has 0 aliphatic heterocycles. The van der Waals surface area contributed by atoms with Crippen molar-refractivity contribution in [2.45, 2.75) is 51.7 Å². The zero-order valence-electron chi connectivity index (χ0n) is 17.3. The second-order valence-electron chi connectivity index (χ2n) is 7.14. The van der Waals surface area contributed by atoms with E-state index in [1.54, 1.807) is 0 Å². The van der Waals surface area contributed by atoms with Gasteiger partial charge < -0.3 is 9.88 Å². The van der Waals surface area contributed by atoms with Crippen molar-refractivity contribution in [3.05, 3.63) is 71.0 Å². The average Bonchev–Trinajstić information content (AvgIpc) is 3.10. The fourth-order valence-electron chi connectivity index (χ4n) is 3.28. The fourth-order valence-corrected chi connectivity index (χ4v) is 4.06. The molecule has 3 aromatic rings. The summed E-state index contributed by atoms with van der Waals surface area (Å²) >= 11 is 1.45. The van der Waals surface area contributed by atoms with Gasteiger partial charge in [-0.2, -0.15) is 0 Å². The molecular formula is C23H28N4OS. The third kappa shape index (κ3) is 5.70. The van der Waals surface area contributed by atoms with Crippen molar-refractivity contribution < 1.29 is 4.79 Å². The molecule has 29 heavy (non-hydrogen) atoms. The van der Waals surface area contributed by atoms with Crippen LogP contribution in [0.5, 0.6) is 0 Å². The Kier molecular flexibility index (Phi) is 7.47. The molecule has 0 spiro atoms. The molecule has 0 aliphatic carbocycles. The van der Waals surface area contributed by atoms with E-state index >= 15 is 0 Å². The van der Waals surface area contributed by atoms with E-state index in [1.165, 1.54) is 17.3 Å². The molecule has 5 nitrogen and oxygen atoms in total. The van der Waals surface area contributed by atoms with Crippen molar-refractivity contribution in [3.8, 4) is 0 Å². The van der Waals surface area contributed by atoms with E-state index in [9.17, 15) is 4.79 Å². The number of aryl methyl sites for hydroxylation is 4. The van der Waals surface area contributed by atoms with Gasteiger partial charge in [0.25, 0.3) is 0 Å². The van der Waals surface area contributed by atoms with Crippen LogP contribution in [0.2, 0.25) is 0 Å². The largest absolute Gasteiger partial charge is 0.325 e. The molecule has 0 fully saturated rings. The van der Waals surface area contributed by atoms with Gasteiger partial charge in [0.1, 0.15) is 5.82 Å². The summed E-state index contributed by atoms with van der Waals surface area (Å²) in [5.74, 6) is 1.27. The van der Waals surface area contributed by atoms with Crippen LogP contribution >= 0.6 is 11.8 Å². The minimum Gasteiger partial charge on any atom is -0.325 e. The van der Waals surface area contributed by atoms with Crippen molar-refractivity contribution in [1.29, 1.82) is 0 Å². The molecule has 0 radical (unpaired) electrons. The number of hydrogen-bond acceptors (Lipinski definition) is 4. The summed E-state index contributed by atoms with van der Waals surface area (Å²) in [5, 5.41) is 12.6. The zero-order valence-corrected chi connectivity index (χ0v) is 18.1. The number of amides is 1. The molecule has 0 saturated carbocycles. The van der Waals surface area contributed by atoms with Crippen molar-refractivity contribution in [1.82, 2.24) is 14.8 Å². The van der Waals surface area contributed by atoms with Crippen LogP contribution < -0.4 is 5.32 Å². The van der Waals surface area contributed by atoms with Gasteiger partial charge in [0.15, 0.2) is 5.16 Å². The summed E-state index contributed by atoms with van der Waals surface area (Å²) in [5.41, 5.74) is 4.33. The van der Waals surface area contributed by atoms with Crippen molar-refractivity contribution in [3.63, 3.8) is 0 Å². The molecule has 0 atom stereocenters. The van der Waals surface area contributed by atoms with Crippen molar-refractivity contribution >= 4 is 23.4 Å². The lowest BCUT2D eigenvalue weighted by Crippen LogP contribution is -2.16. The molecule has 0 bridgehead atoms. The number of carbonyl (C=O) groups is 1. The highest BCUT2D eigenvalue weighted by Gasteiger charge is 2.15. The summed E-state index contributed by atoms with van der Waals surface area (Å²) in [6, 6.07) is 16.4. The Labute approximate surface area is 176 Å². The van der Waals surface area contributed by atoms with Crippen LogP contribution in [0.25, 0.3) is 0 Å². The summed E-state index contributed by atoms with van der Waals surface area (Å²) in [6.07, 6.45) is 2.77. The topological polar surface area (TPSA) is 59.8 Å². The molecule has 1 amide bonds. The highest BCUT2D eigenvalue weighted by molar-refractivity contribution is 7.99. The third-order valence-corrected chi connectivity index (χ3v) is 5.77. The van der Waals surface area contributed by atoms with Gasteiger partial charge in [0, 0.05) is 18.7 Å². The Morgan fingerprint density at radius 3 is 2.41 bits per heavy atom. The number of thioether (sulfide) groups is 1. The Hall–Kier alpha value is -2.60. The van der Waals surface area contributed by atoms with E-state index in [0.29, 0.717) is 5.75 Å². The first-order valence-electron chi connectivity index (χ1n) is 10.0. The lowest BCUT2D eigenvalue weighted by molar-refractivity contribution is -0.113. The number of anilines is 1. The molecule has 0 saturated heterocycles. The molecule has 0 aliphatic rings. The Morgan fingerprint density at radius 2 is 1.72 bits per heavy atom. The van der Waals surface area contributed by atoms with E-state index in [2.05, 4.69) is 51.3 Å². The maximum atomic E-state index is 12.5. The number of nitrogens with one attached hydrogen (secondary N) is 1. The van der Waals surface area contributed by atoms with Gasteiger partial charge in [0.2, 0.25) is 5.91 Å². The maximum absolute atomic E-state index is 12.5. The summed E-state index contributed by atoms with van der Waals surface area (Å²) in [7, 11) is 0. The van der Waals surface area contributed by atoms with Crippen LogP contribution in [0.1, 0.15) is 35.9 Å². The quantitative estimate of drug-likeness (QED) is 0.516. The van der Waals surface area contributed by atoms with Crippen LogP contribution in [0.3, 0.4) is 0 Å². The maximum Gasteiger partial charge on any atom is 0.234 e.